The number of nitro groups is 1. The molecular weight excluding hydrogens is 231 g/mol. The van der Waals surface area contributed by atoms with E-state index in [0.717, 1.165) is 6.07 Å². The number of nitro benzene ring substituents is 1. The second-order valence-corrected chi connectivity index (χ2v) is 3.23. The van der Waals surface area contributed by atoms with Crippen molar-refractivity contribution in [3.05, 3.63) is 33.9 Å². The molecule has 0 aromatic heterocycles. The molecule has 0 heterocycles. The number of halogens is 1. The highest BCUT2D eigenvalue weighted by atomic mass is 19.1. The van der Waals surface area contributed by atoms with E-state index in [-0.39, 0.29) is 11.3 Å². The number of rotatable bonds is 4. The van der Waals surface area contributed by atoms with E-state index in [1.807, 2.05) is 0 Å². The van der Waals surface area contributed by atoms with Crippen LogP contribution in [0.5, 0.6) is 0 Å². The molecule has 0 saturated carbocycles. The third-order valence-electron chi connectivity index (χ3n) is 1.95. The van der Waals surface area contributed by atoms with Crippen LogP contribution < -0.4 is 5.32 Å². The lowest BCUT2D eigenvalue weighted by Crippen LogP contribution is -2.09. The first-order valence-electron chi connectivity index (χ1n) is 4.61. The summed E-state index contributed by atoms with van der Waals surface area (Å²) in [6.45, 7) is -0.0268. The summed E-state index contributed by atoms with van der Waals surface area (Å²) >= 11 is 0. The fraction of sp³-hybridized carbons (Fsp3) is 0.200. The number of ketones is 1. The largest absolute Gasteiger partial charge is 0.321 e. The van der Waals surface area contributed by atoms with Gasteiger partial charge in [0, 0.05) is 18.6 Å². The second-order valence-electron chi connectivity index (χ2n) is 3.23. The zero-order chi connectivity index (χ0) is 13.0. The number of amides is 1. The molecule has 0 bridgehead atoms. The van der Waals surface area contributed by atoms with Gasteiger partial charge in [-0.1, -0.05) is 0 Å². The van der Waals surface area contributed by atoms with Crippen LogP contribution >= 0.6 is 0 Å². The maximum atomic E-state index is 12.1. The monoisotopic (exact) mass is 240 g/mol. The Labute approximate surface area is 95.6 Å². The third-order valence-corrected chi connectivity index (χ3v) is 1.95. The molecule has 7 heteroatoms. The molecule has 0 aliphatic rings. The number of Topliss-reactive ketones (excluding diaryl/α,β-unsaturated/α-hetero) is 1. The summed E-state index contributed by atoms with van der Waals surface area (Å²) in [4.78, 5) is 31.8. The summed E-state index contributed by atoms with van der Waals surface area (Å²) in [6, 6.07) is 3.36. The summed E-state index contributed by atoms with van der Waals surface area (Å²) in [7, 11) is 0. The first-order valence-corrected chi connectivity index (χ1v) is 4.61. The van der Waals surface area contributed by atoms with Crippen LogP contribution in [0.2, 0.25) is 0 Å². The van der Waals surface area contributed by atoms with Crippen LogP contribution in [0.4, 0.5) is 15.8 Å². The van der Waals surface area contributed by atoms with Gasteiger partial charge in [-0.3, -0.25) is 19.7 Å². The number of carbonyl (C=O) groups is 2. The Morgan fingerprint density at radius 1 is 1.47 bits per heavy atom. The minimum atomic E-state index is -1.23. The zero-order valence-electron chi connectivity index (χ0n) is 8.90. The normalized spacial score (nSPS) is 9.76. The Balaban J connectivity index is 3.21. The summed E-state index contributed by atoms with van der Waals surface area (Å²) in [6.07, 6.45) is 0. The van der Waals surface area contributed by atoms with Gasteiger partial charge in [0.05, 0.1) is 4.92 Å². The van der Waals surface area contributed by atoms with Gasteiger partial charge in [-0.25, -0.2) is 4.39 Å². The Morgan fingerprint density at radius 2 is 2.12 bits per heavy atom. The predicted molar refractivity (Wildman–Crippen MR) is 57.7 cm³/mol. The number of nitrogens with zero attached hydrogens (tertiary/aromatic N) is 1. The highest BCUT2D eigenvalue weighted by Gasteiger charge is 2.18. The van der Waals surface area contributed by atoms with E-state index in [1.165, 1.54) is 19.1 Å². The van der Waals surface area contributed by atoms with Gasteiger partial charge in [0.15, 0.2) is 12.5 Å². The van der Waals surface area contributed by atoms with Crippen LogP contribution in [0.25, 0.3) is 0 Å². The van der Waals surface area contributed by atoms with E-state index >= 15 is 0 Å². The molecular formula is C10H9FN2O4. The molecule has 0 aliphatic heterocycles. The summed E-state index contributed by atoms with van der Waals surface area (Å²) < 4.78 is 12.1. The Hall–Kier alpha value is -2.31. The lowest BCUT2D eigenvalue weighted by atomic mass is 10.1. The van der Waals surface area contributed by atoms with E-state index < -0.39 is 29.0 Å². The Bertz CT molecular complexity index is 487. The SMILES string of the molecule is CC(=O)Nc1ccc(C(=O)CF)cc1[N+](=O)[O-]. The first kappa shape index (κ1) is 12.8. The van der Waals surface area contributed by atoms with Crippen LogP contribution in [0.3, 0.4) is 0 Å². The standard InChI is InChI=1S/C10H9FN2O4/c1-6(14)12-8-3-2-7(10(15)5-11)4-9(8)13(16)17/h2-4H,5H2,1H3,(H,12,14). The Kier molecular flexibility index (Phi) is 3.86. The van der Waals surface area contributed by atoms with E-state index in [4.69, 9.17) is 0 Å². The second kappa shape index (κ2) is 5.15. The van der Waals surface area contributed by atoms with Gasteiger partial charge in [0.1, 0.15) is 5.69 Å². The number of benzene rings is 1. The maximum Gasteiger partial charge on any atom is 0.293 e. The van der Waals surface area contributed by atoms with Crippen molar-refractivity contribution in [1.29, 1.82) is 0 Å². The fourth-order valence-electron chi connectivity index (χ4n) is 1.23. The minimum absolute atomic E-state index is 0.0297. The fourth-order valence-corrected chi connectivity index (χ4v) is 1.23. The van der Waals surface area contributed by atoms with Crippen LogP contribution in [0.15, 0.2) is 18.2 Å². The molecule has 1 rings (SSSR count). The molecule has 0 fully saturated rings. The van der Waals surface area contributed by atoms with Gasteiger partial charge in [-0.15, -0.1) is 0 Å². The molecule has 1 N–H and O–H groups in total. The molecule has 17 heavy (non-hydrogen) atoms. The van der Waals surface area contributed by atoms with Crippen molar-refractivity contribution in [2.45, 2.75) is 6.92 Å². The highest BCUT2D eigenvalue weighted by Crippen LogP contribution is 2.25. The minimum Gasteiger partial charge on any atom is -0.321 e. The molecule has 6 nitrogen and oxygen atoms in total. The van der Waals surface area contributed by atoms with Crippen LogP contribution in [-0.2, 0) is 4.79 Å². The van der Waals surface area contributed by atoms with E-state index in [0.29, 0.717) is 0 Å². The molecule has 90 valence electrons. The van der Waals surface area contributed by atoms with Gasteiger partial charge >= 0.3 is 0 Å². The Morgan fingerprint density at radius 3 is 2.59 bits per heavy atom. The molecule has 0 radical (unpaired) electrons. The van der Waals surface area contributed by atoms with Crippen molar-refractivity contribution in [1.82, 2.24) is 0 Å². The average molecular weight is 240 g/mol. The van der Waals surface area contributed by atoms with E-state index in [2.05, 4.69) is 5.32 Å². The van der Waals surface area contributed by atoms with Gasteiger partial charge in [-0.05, 0) is 12.1 Å². The van der Waals surface area contributed by atoms with Gasteiger partial charge in [-0.2, -0.15) is 0 Å². The molecule has 0 atom stereocenters. The van der Waals surface area contributed by atoms with Crippen molar-refractivity contribution in [3.63, 3.8) is 0 Å². The number of hydrogen-bond acceptors (Lipinski definition) is 4. The lowest BCUT2D eigenvalue weighted by molar-refractivity contribution is -0.384. The number of carbonyl (C=O) groups excluding carboxylic acids is 2. The summed E-state index contributed by atoms with van der Waals surface area (Å²) in [5, 5.41) is 13.0. The van der Waals surface area contributed by atoms with E-state index in [1.54, 1.807) is 0 Å². The van der Waals surface area contributed by atoms with Crippen LogP contribution in [-0.4, -0.2) is 23.3 Å². The molecule has 1 aromatic carbocycles. The van der Waals surface area contributed by atoms with Crippen molar-refractivity contribution in [2.75, 3.05) is 12.0 Å². The predicted octanol–water partition coefficient (Wildman–Crippen LogP) is 1.71. The van der Waals surface area contributed by atoms with Crippen LogP contribution in [0.1, 0.15) is 17.3 Å². The van der Waals surface area contributed by atoms with Crippen LogP contribution in [0, 0.1) is 10.1 Å². The third kappa shape index (κ3) is 3.07. The van der Waals surface area contributed by atoms with E-state index in [9.17, 15) is 24.1 Å². The number of nitrogens with one attached hydrogen (secondary N) is 1. The number of hydrogen-bond donors (Lipinski definition) is 1. The zero-order valence-corrected chi connectivity index (χ0v) is 8.90. The quantitative estimate of drug-likeness (QED) is 0.492. The molecule has 0 aliphatic carbocycles. The summed E-state index contributed by atoms with van der Waals surface area (Å²) in [5.41, 5.74) is -0.578. The average Bonchev–Trinajstić information content (AvgIpc) is 2.27. The topological polar surface area (TPSA) is 89.3 Å². The molecule has 0 unspecified atom stereocenters. The summed E-state index contributed by atoms with van der Waals surface area (Å²) in [5.74, 6) is -1.32. The lowest BCUT2D eigenvalue weighted by Gasteiger charge is -2.04. The molecule has 1 amide bonds. The van der Waals surface area contributed by atoms with Gasteiger partial charge in [0.25, 0.3) is 5.69 Å². The van der Waals surface area contributed by atoms with Crippen molar-refractivity contribution >= 4 is 23.1 Å². The molecule has 1 aromatic rings. The van der Waals surface area contributed by atoms with Crippen molar-refractivity contribution in [2.24, 2.45) is 0 Å². The maximum absolute atomic E-state index is 12.1. The van der Waals surface area contributed by atoms with Gasteiger partial charge in [0.2, 0.25) is 5.91 Å². The van der Waals surface area contributed by atoms with Crippen molar-refractivity contribution in [3.8, 4) is 0 Å². The smallest absolute Gasteiger partial charge is 0.293 e. The number of anilines is 1. The molecule has 0 saturated heterocycles. The number of alkyl halides is 1. The highest BCUT2D eigenvalue weighted by molar-refractivity contribution is 5.99. The van der Waals surface area contributed by atoms with Gasteiger partial charge < -0.3 is 5.32 Å². The van der Waals surface area contributed by atoms with Crippen molar-refractivity contribution < 1.29 is 18.9 Å². The first-order chi connectivity index (χ1) is 7.95. The molecule has 0 spiro atoms.